The smallest absolute Gasteiger partial charge is 0.224 e. The summed E-state index contributed by atoms with van der Waals surface area (Å²) in [6.07, 6.45) is 1.50. The number of anilines is 1. The van der Waals surface area contributed by atoms with Crippen molar-refractivity contribution in [3.05, 3.63) is 82.2 Å². The fraction of sp³-hybridized carbons (Fsp3) is 0.407. The Kier molecular flexibility index (Phi) is 6.63. The molecular weight excluding hydrogens is 396 g/mol. The number of hydrogen-bond acceptors (Lipinski definition) is 3. The van der Waals surface area contributed by atoms with Gasteiger partial charge in [-0.25, -0.2) is 0 Å². The molecule has 32 heavy (non-hydrogen) atoms. The van der Waals surface area contributed by atoms with Crippen LogP contribution in [0.5, 0.6) is 0 Å². The largest absolute Gasteiger partial charge is 0.367 e. The number of nitrogens with zero attached hydrogens (tertiary/aromatic N) is 3. The van der Waals surface area contributed by atoms with Crippen molar-refractivity contribution in [2.75, 3.05) is 11.4 Å². The molecule has 1 aliphatic heterocycles. The highest BCUT2D eigenvalue weighted by Gasteiger charge is 2.18. The van der Waals surface area contributed by atoms with Gasteiger partial charge in [0.15, 0.2) is 0 Å². The van der Waals surface area contributed by atoms with E-state index in [0.29, 0.717) is 18.9 Å². The number of amides is 1. The highest BCUT2D eigenvalue weighted by molar-refractivity contribution is 5.79. The lowest BCUT2D eigenvalue weighted by atomic mass is 10.1. The third-order valence-corrected chi connectivity index (χ3v) is 6.28. The summed E-state index contributed by atoms with van der Waals surface area (Å²) in [5.41, 5.74) is 8.29. The molecule has 0 radical (unpaired) electrons. The van der Waals surface area contributed by atoms with E-state index in [9.17, 15) is 4.79 Å². The lowest BCUT2D eigenvalue weighted by Gasteiger charge is -2.19. The van der Waals surface area contributed by atoms with Crippen LogP contribution in [0, 0.1) is 19.8 Å². The van der Waals surface area contributed by atoms with E-state index >= 15 is 0 Å². The number of hydrogen-bond donors (Lipinski definition) is 1. The molecule has 1 N–H and O–H groups in total. The van der Waals surface area contributed by atoms with Crippen molar-refractivity contribution in [3.63, 3.8) is 0 Å². The molecule has 4 rings (SSSR count). The summed E-state index contributed by atoms with van der Waals surface area (Å²) in [5.74, 6) is 0.566. The molecular formula is C27H34N4O. The highest BCUT2D eigenvalue weighted by atomic mass is 16.1. The molecule has 1 aromatic heterocycles. The summed E-state index contributed by atoms with van der Waals surface area (Å²) in [6.45, 7) is 11.8. The van der Waals surface area contributed by atoms with Crippen LogP contribution < -0.4 is 10.2 Å². The van der Waals surface area contributed by atoms with Gasteiger partial charge in [-0.1, -0.05) is 56.3 Å². The number of carbonyl (C=O) groups excluding carboxylic acids is 1. The first-order valence-corrected chi connectivity index (χ1v) is 11.6. The Labute approximate surface area is 191 Å². The number of rotatable bonds is 8. The minimum atomic E-state index is 0.0399. The lowest BCUT2D eigenvalue weighted by Crippen LogP contribution is -2.25. The first-order chi connectivity index (χ1) is 15.4. The van der Waals surface area contributed by atoms with Crippen LogP contribution in [0.15, 0.2) is 48.5 Å². The van der Waals surface area contributed by atoms with E-state index < -0.39 is 0 Å². The Morgan fingerprint density at radius 2 is 1.78 bits per heavy atom. The Balaban J connectivity index is 1.30. The highest BCUT2D eigenvalue weighted by Crippen LogP contribution is 2.28. The summed E-state index contributed by atoms with van der Waals surface area (Å²) in [5, 5.41) is 7.69. The molecule has 1 aliphatic rings. The van der Waals surface area contributed by atoms with Crippen molar-refractivity contribution in [1.29, 1.82) is 0 Å². The predicted molar refractivity (Wildman–Crippen MR) is 130 cm³/mol. The number of aromatic nitrogens is 2. The molecule has 5 nitrogen and oxygen atoms in total. The number of benzene rings is 2. The van der Waals surface area contributed by atoms with Crippen LogP contribution in [0.25, 0.3) is 0 Å². The molecule has 1 amide bonds. The van der Waals surface area contributed by atoms with Gasteiger partial charge >= 0.3 is 0 Å². The van der Waals surface area contributed by atoms with E-state index in [-0.39, 0.29) is 5.91 Å². The number of nitrogens with one attached hydrogen (secondary N) is 1. The summed E-state index contributed by atoms with van der Waals surface area (Å²) in [6, 6.07) is 17.2. The van der Waals surface area contributed by atoms with Crippen LogP contribution in [0.2, 0.25) is 0 Å². The fourth-order valence-corrected chi connectivity index (χ4v) is 4.49. The van der Waals surface area contributed by atoms with Gasteiger partial charge in [-0.3, -0.25) is 9.48 Å². The average Bonchev–Trinajstić information content (AvgIpc) is 3.29. The van der Waals surface area contributed by atoms with E-state index in [0.717, 1.165) is 48.6 Å². The van der Waals surface area contributed by atoms with Crippen LogP contribution in [0.4, 0.5) is 5.69 Å². The van der Waals surface area contributed by atoms with Gasteiger partial charge in [0.1, 0.15) is 0 Å². The van der Waals surface area contributed by atoms with E-state index in [2.05, 4.69) is 84.6 Å². The maximum atomic E-state index is 12.6. The van der Waals surface area contributed by atoms with Crippen molar-refractivity contribution in [2.24, 2.45) is 5.92 Å². The van der Waals surface area contributed by atoms with Gasteiger partial charge < -0.3 is 10.2 Å². The van der Waals surface area contributed by atoms with E-state index in [1.165, 1.54) is 16.8 Å². The van der Waals surface area contributed by atoms with E-state index in [1.807, 2.05) is 11.6 Å². The zero-order valence-corrected chi connectivity index (χ0v) is 19.7. The third kappa shape index (κ3) is 5.04. The molecule has 2 heterocycles. The van der Waals surface area contributed by atoms with Crippen molar-refractivity contribution in [1.82, 2.24) is 15.1 Å². The molecule has 0 saturated heterocycles. The number of para-hydroxylation sites is 1. The molecule has 0 saturated carbocycles. The van der Waals surface area contributed by atoms with Crippen LogP contribution >= 0.6 is 0 Å². The molecule has 0 spiro atoms. The zero-order valence-electron chi connectivity index (χ0n) is 19.7. The van der Waals surface area contributed by atoms with Gasteiger partial charge in [0.25, 0.3) is 0 Å². The zero-order chi connectivity index (χ0) is 22.7. The molecule has 0 atom stereocenters. The number of aryl methyl sites for hydroxylation is 1. The van der Waals surface area contributed by atoms with Gasteiger partial charge in [0, 0.05) is 43.1 Å². The standard InChI is InChI=1S/C27H34N4O/c1-19(2)17-31-21(4)25(20(3)29-31)15-27(32)28-16-22-9-11-23(12-10-22)18-30-14-13-24-7-5-6-8-26(24)30/h5-12,19H,13-18H2,1-4H3,(H,28,32). The van der Waals surface area contributed by atoms with Crippen molar-refractivity contribution in [2.45, 2.75) is 60.2 Å². The Bertz CT molecular complexity index is 1080. The summed E-state index contributed by atoms with van der Waals surface area (Å²) < 4.78 is 2.03. The Morgan fingerprint density at radius 1 is 1.06 bits per heavy atom. The molecule has 3 aromatic rings. The molecule has 5 heteroatoms. The minimum Gasteiger partial charge on any atom is -0.367 e. The number of carbonyl (C=O) groups is 1. The van der Waals surface area contributed by atoms with Crippen LogP contribution in [-0.4, -0.2) is 22.2 Å². The monoisotopic (exact) mass is 430 g/mol. The molecule has 0 fully saturated rings. The van der Waals surface area contributed by atoms with Gasteiger partial charge in [-0.05, 0) is 48.9 Å². The molecule has 2 aromatic carbocycles. The van der Waals surface area contributed by atoms with Gasteiger partial charge in [0.2, 0.25) is 5.91 Å². The van der Waals surface area contributed by atoms with Gasteiger partial charge in [-0.2, -0.15) is 5.10 Å². The third-order valence-electron chi connectivity index (χ3n) is 6.28. The summed E-state index contributed by atoms with van der Waals surface area (Å²) in [7, 11) is 0. The normalized spacial score (nSPS) is 13.0. The van der Waals surface area contributed by atoms with Crippen molar-refractivity contribution in [3.8, 4) is 0 Å². The molecule has 168 valence electrons. The first kappa shape index (κ1) is 22.1. The molecule has 0 bridgehead atoms. The fourth-order valence-electron chi connectivity index (χ4n) is 4.49. The van der Waals surface area contributed by atoms with Crippen LogP contribution in [-0.2, 0) is 37.3 Å². The van der Waals surface area contributed by atoms with Crippen LogP contribution in [0.1, 0.15) is 47.5 Å². The van der Waals surface area contributed by atoms with E-state index in [1.54, 1.807) is 0 Å². The van der Waals surface area contributed by atoms with Crippen molar-refractivity contribution >= 4 is 11.6 Å². The van der Waals surface area contributed by atoms with Crippen molar-refractivity contribution < 1.29 is 4.79 Å². The second-order valence-electron chi connectivity index (χ2n) is 9.30. The first-order valence-electron chi connectivity index (χ1n) is 11.6. The topological polar surface area (TPSA) is 50.2 Å². The Morgan fingerprint density at radius 3 is 2.53 bits per heavy atom. The molecule has 0 aliphatic carbocycles. The van der Waals surface area contributed by atoms with E-state index in [4.69, 9.17) is 0 Å². The predicted octanol–water partition coefficient (Wildman–Crippen LogP) is 4.58. The minimum absolute atomic E-state index is 0.0399. The maximum absolute atomic E-state index is 12.6. The second-order valence-corrected chi connectivity index (χ2v) is 9.30. The van der Waals surface area contributed by atoms with Crippen LogP contribution in [0.3, 0.4) is 0 Å². The Hall–Kier alpha value is -3.08. The number of fused-ring (bicyclic) bond motifs is 1. The quantitative estimate of drug-likeness (QED) is 0.569. The molecule has 0 unspecified atom stereocenters. The van der Waals surface area contributed by atoms with Gasteiger partial charge in [0.05, 0.1) is 12.1 Å². The second kappa shape index (κ2) is 9.60. The lowest BCUT2D eigenvalue weighted by molar-refractivity contribution is -0.120. The van der Waals surface area contributed by atoms with Gasteiger partial charge in [-0.15, -0.1) is 0 Å². The summed E-state index contributed by atoms with van der Waals surface area (Å²) in [4.78, 5) is 15.0. The SMILES string of the molecule is Cc1nn(CC(C)C)c(C)c1CC(=O)NCc1ccc(CN2CCc3ccccc32)cc1. The average molecular weight is 431 g/mol. The summed E-state index contributed by atoms with van der Waals surface area (Å²) >= 11 is 0. The maximum Gasteiger partial charge on any atom is 0.224 e.